The highest BCUT2D eigenvalue weighted by Crippen LogP contribution is 2.24. The largest absolute Gasteiger partial charge is 0.459 e. The molecule has 0 amide bonds. The fourth-order valence-corrected chi connectivity index (χ4v) is 3.30. The van der Waals surface area contributed by atoms with E-state index < -0.39 is 0 Å². The number of hydrogen-bond acceptors (Lipinski definition) is 4. The summed E-state index contributed by atoms with van der Waals surface area (Å²) in [4.78, 5) is 8.59. The lowest BCUT2D eigenvalue weighted by Gasteiger charge is -2.25. The standard InChI is InChI=1S/C18H22N6O.HI/c1-12-14-5-3-4-6-15(14)25-16(12)9-20-18(19-2)23-13-7-8-17-21-11-22-24(17)10-13;/h3-6,11,13H,7-10H2,1-2H3,(H2,19,20,23);1H. The van der Waals surface area contributed by atoms with Crippen LogP contribution in [0.1, 0.15) is 23.6 Å². The summed E-state index contributed by atoms with van der Waals surface area (Å²) in [6, 6.07) is 8.39. The fourth-order valence-electron chi connectivity index (χ4n) is 3.30. The summed E-state index contributed by atoms with van der Waals surface area (Å²) in [6.45, 7) is 3.49. The van der Waals surface area contributed by atoms with Gasteiger partial charge in [0, 0.05) is 30.5 Å². The molecule has 7 nitrogen and oxygen atoms in total. The second-order valence-corrected chi connectivity index (χ2v) is 6.31. The molecule has 0 aliphatic carbocycles. The molecule has 0 saturated heterocycles. The molecule has 3 aromatic rings. The molecule has 2 aromatic heterocycles. The van der Waals surface area contributed by atoms with Gasteiger partial charge in [0.05, 0.1) is 13.1 Å². The molecule has 0 radical (unpaired) electrons. The van der Waals surface area contributed by atoms with Gasteiger partial charge in [0.15, 0.2) is 5.96 Å². The van der Waals surface area contributed by atoms with Crippen LogP contribution in [0.3, 0.4) is 0 Å². The molecule has 0 saturated carbocycles. The number of aliphatic imine (C=N–C) groups is 1. The number of fused-ring (bicyclic) bond motifs is 2. The maximum Gasteiger partial charge on any atom is 0.191 e. The molecule has 4 rings (SSSR count). The van der Waals surface area contributed by atoms with Gasteiger partial charge in [-0.15, -0.1) is 24.0 Å². The van der Waals surface area contributed by atoms with Crippen molar-refractivity contribution >= 4 is 40.9 Å². The molecule has 1 unspecified atom stereocenters. The van der Waals surface area contributed by atoms with Crippen molar-refractivity contribution in [1.82, 2.24) is 25.4 Å². The first-order chi connectivity index (χ1) is 12.2. The van der Waals surface area contributed by atoms with Gasteiger partial charge in [-0.3, -0.25) is 4.99 Å². The number of benzene rings is 1. The van der Waals surface area contributed by atoms with Gasteiger partial charge in [0.1, 0.15) is 23.5 Å². The van der Waals surface area contributed by atoms with Crippen LogP contribution in [-0.2, 0) is 19.5 Å². The van der Waals surface area contributed by atoms with Crippen LogP contribution in [0.2, 0.25) is 0 Å². The molecule has 1 atom stereocenters. The normalized spacial score (nSPS) is 16.8. The predicted molar refractivity (Wildman–Crippen MR) is 112 cm³/mol. The Bertz CT molecular complexity index is 915. The number of para-hydroxylation sites is 1. The zero-order valence-corrected chi connectivity index (χ0v) is 17.2. The average molecular weight is 466 g/mol. The van der Waals surface area contributed by atoms with Crippen molar-refractivity contribution < 1.29 is 4.42 Å². The number of rotatable bonds is 3. The molecule has 0 fully saturated rings. The van der Waals surface area contributed by atoms with Gasteiger partial charge >= 0.3 is 0 Å². The lowest BCUT2D eigenvalue weighted by atomic mass is 10.1. The Labute approximate surface area is 169 Å². The first-order valence-electron chi connectivity index (χ1n) is 8.55. The van der Waals surface area contributed by atoms with Gasteiger partial charge in [-0.05, 0) is 19.4 Å². The highest BCUT2D eigenvalue weighted by Gasteiger charge is 2.20. The predicted octanol–water partition coefficient (Wildman–Crippen LogP) is 2.63. The zero-order chi connectivity index (χ0) is 17.2. The Morgan fingerprint density at radius 1 is 1.38 bits per heavy atom. The summed E-state index contributed by atoms with van der Waals surface area (Å²) >= 11 is 0. The van der Waals surface area contributed by atoms with Crippen molar-refractivity contribution in [3.8, 4) is 0 Å². The van der Waals surface area contributed by atoms with E-state index in [0.29, 0.717) is 6.54 Å². The van der Waals surface area contributed by atoms with Crippen molar-refractivity contribution in [2.24, 2.45) is 4.99 Å². The highest BCUT2D eigenvalue weighted by atomic mass is 127. The third-order valence-electron chi connectivity index (χ3n) is 4.73. The molecule has 26 heavy (non-hydrogen) atoms. The van der Waals surface area contributed by atoms with Crippen LogP contribution in [0.4, 0.5) is 0 Å². The Balaban J connectivity index is 0.00000196. The van der Waals surface area contributed by atoms with Gasteiger partial charge in [-0.25, -0.2) is 9.67 Å². The lowest BCUT2D eigenvalue weighted by molar-refractivity contribution is 0.392. The molecule has 3 heterocycles. The van der Waals surface area contributed by atoms with Gasteiger partial charge in [0.25, 0.3) is 0 Å². The van der Waals surface area contributed by atoms with Crippen LogP contribution in [-0.4, -0.2) is 33.8 Å². The van der Waals surface area contributed by atoms with Gasteiger partial charge in [-0.2, -0.15) is 5.10 Å². The van der Waals surface area contributed by atoms with E-state index in [1.165, 1.54) is 5.56 Å². The first kappa shape index (κ1) is 18.7. The van der Waals surface area contributed by atoms with E-state index in [2.05, 4.69) is 38.7 Å². The quantitative estimate of drug-likeness (QED) is 0.353. The molecular formula is C18H23IN6O. The number of furan rings is 1. The molecule has 1 aliphatic heterocycles. The second-order valence-electron chi connectivity index (χ2n) is 6.31. The van der Waals surface area contributed by atoms with E-state index in [-0.39, 0.29) is 30.0 Å². The summed E-state index contributed by atoms with van der Waals surface area (Å²) in [5.41, 5.74) is 2.09. The molecule has 2 N–H and O–H groups in total. The molecule has 138 valence electrons. The summed E-state index contributed by atoms with van der Waals surface area (Å²) < 4.78 is 7.91. The Morgan fingerprint density at radius 3 is 3.04 bits per heavy atom. The zero-order valence-electron chi connectivity index (χ0n) is 14.9. The third kappa shape index (κ3) is 3.69. The molecule has 1 aliphatic rings. The molecule has 0 spiro atoms. The Morgan fingerprint density at radius 2 is 2.23 bits per heavy atom. The summed E-state index contributed by atoms with van der Waals surface area (Å²) in [5.74, 6) is 2.76. The fraction of sp³-hybridized carbons (Fsp3) is 0.389. The summed E-state index contributed by atoms with van der Waals surface area (Å²) in [7, 11) is 1.78. The number of aromatic nitrogens is 3. The number of nitrogens with zero attached hydrogens (tertiary/aromatic N) is 4. The third-order valence-corrected chi connectivity index (χ3v) is 4.73. The van der Waals surface area contributed by atoms with Crippen LogP contribution in [0.5, 0.6) is 0 Å². The molecule has 8 heteroatoms. The van der Waals surface area contributed by atoms with E-state index in [0.717, 1.165) is 47.9 Å². The van der Waals surface area contributed by atoms with Gasteiger partial charge < -0.3 is 15.1 Å². The molecule has 0 bridgehead atoms. The first-order valence-corrected chi connectivity index (χ1v) is 8.55. The summed E-state index contributed by atoms with van der Waals surface area (Å²) in [6.07, 6.45) is 3.57. The Kier molecular flexibility index (Phi) is 5.80. The average Bonchev–Trinajstić information content (AvgIpc) is 3.23. The molecular weight excluding hydrogens is 443 g/mol. The van der Waals surface area contributed by atoms with Gasteiger partial charge in [0.2, 0.25) is 0 Å². The minimum Gasteiger partial charge on any atom is -0.459 e. The monoisotopic (exact) mass is 466 g/mol. The minimum absolute atomic E-state index is 0. The maximum atomic E-state index is 5.95. The van der Waals surface area contributed by atoms with Crippen LogP contribution < -0.4 is 10.6 Å². The van der Waals surface area contributed by atoms with Crippen LogP contribution in [0.25, 0.3) is 11.0 Å². The van der Waals surface area contributed by atoms with Crippen LogP contribution in [0, 0.1) is 6.92 Å². The number of guanidine groups is 1. The van der Waals surface area contributed by atoms with E-state index in [9.17, 15) is 0 Å². The van der Waals surface area contributed by atoms with Crippen molar-refractivity contribution in [2.45, 2.75) is 38.9 Å². The minimum atomic E-state index is 0. The van der Waals surface area contributed by atoms with Crippen molar-refractivity contribution in [2.75, 3.05) is 7.05 Å². The van der Waals surface area contributed by atoms with Gasteiger partial charge in [-0.1, -0.05) is 18.2 Å². The second kappa shape index (κ2) is 8.07. The van der Waals surface area contributed by atoms with Crippen molar-refractivity contribution in [1.29, 1.82) is 0 Å². The maximum absolute atomic E-state index is 5.95. The van der Waals surface area contributed by atoms with E-state index >= 15 is 0 Å². The topological polar surface area (TPSA) is 80.3 Å². The van der Waals surface area contributed by atoms with E-state index in [1.807, 2.05) is 22.9 Å². The molecule has 1 aromatic carbocycles. The summed E-state index contributed by atoms with van der Waals surface area (Å²) in [5, 5.41) is 12.2. The number of hydrogen-bond donors (Lipinski definition) is 2. The van der Waals surface area contributed by atoms with E-state index in [4.69, 9.17) is 4.42 Å². The number of aryl methyl sites for hydroxylation is 2. The van der Waals surface area contributed by atoms with Crippen LogP contribution in [0.15, 0.2) is 40.0 Å². The lowest BCUT2D eigenvalue weighted by Crippen LogP contribution is -2.46. The van der Waals surface area contributed by atoms with Crippen molar-refractivity contribution in [3.05, 3.63) is 47.7 Å². The smallest absolute Gasteiger partial charge is 0.191 e. The Hall–Kier alpha value is -2.10. The van der Waals surface area contributed by atoms with E-state index in [1.54, 1.807) is 13.4 Å². The number of halogens is 1. The van der Waals surface area contributed by atoms with Crippen molar-refractivity contribution in [3.63, 3.8) is 0 Å². The SMILES string of the molecule is CN=C(NCc1oc2ccccc2c1C)NC1CCc2ncnn2C1.I. The van der Waals surface area contributed by atoms with Crippen LogP contribution >= 0.6 is 24.0 Å². The number of nitrogens with one attached hydrogen (secondary N) is 2. The highest BCUT2D eigenvalue weighted by molar-refractivity contribution is 14.0.